The molecule has 12 heteroatoms. The Balaban J connectivity index is 1.54. The number of aryl methyl sites for hydroxylation is 3. The number of amides is 1. The van der Waals surface area contributed by atoms with Crippen LogP contribution in [0.15, 0.2) is 10.9 Å². The zero-order valence-electron chi connectivity index (χ0n) is 16.0. The minimum atomic E-state index is -4.67. The zero-order valence-corrected chi connectivity index (χ0v) is 17.6. The van der Waals surface area contributed by atoms with Crippen LogP contribution in [0.3, 0.4) is 0 Å². The van der Waals surface area contributed by atoms with Gasteiger partial charge in [0, 0.05) is 17.2 Å². The average molecular weight is 460 g/mol. The zero-order chi connectivity index (χ0) is 21.8. The van der Waals surface area contributed by atoms with Crippen LogP contribution in [0.2, 0.25) is 5.02 Å². The minimum absolute atomic E-state index is 0.0811. The predicted octanol–water partition coefficient (Wildman–Crippen LogP) is 3.98. The molecule has 3 aromatic rings. The van der Waals surface area contributed by atoms with E-state index in [0.717, 1.165) is 27.1 Å². The first-order valence-electron chi connectivity index (χ1n) is 9.19. The monoisotopic (exact) mass is 459 g/mol. The third kappa shape index (κ3) is 3.83. The van der Waals surface area contributed by atoms with Gasteiger partial charge in [0.25, 0.3) is 5.56 Å². The number of nitrogens with one attached hydrogen (secondary N) is 1. The summed E-state index contributed by atoms with van der Waals surface area (Å²) < 4.78 is 41.6. The van der Waals surface area contributed by atoms with Crippen LogP contribution >= 0.6 is 22.9 Å². The van der Waals surface area contributed by atoms with Crippen molar-refractivity contribution in [2.75, 3.05) is 5.43 Å². The van der Waals surface area contributed by atoms with E-state index in [1.807, 2.05) is 6.92 Å². The molecule has 1 N–H and O–H groups in total. The van der Waals surface area contributed by atoms with Crippen molar-refractivity contribution in [3.05, 3.63) is 43.5 Å². The van der Waals surface area contributed by atoms with E-state index >= 15 is 0 Å². The molecule has 1 aliphatic carbocycles. The predicted molar refractivity (Wildman–Crippen MR) is 107 cm³/mol. The largest absolute Gasteiger partial charge is 0.436 e. The first kappa shape index (κ1) is 20.9. The Kier molecular flexibility index (Phi) is 5.13. The number of nitrogens with zero attached hydrogens (tertiary/aromatic N) is 4. The number of rotatable bonds is 5. The minimum Gasteiger partial charge on any atom is -0.273 e. The molecule has 1 fully saturated rings. The van der Waals surface area contributed by atoms with Crippen molar-refractivity contribution in [3.8, 4) is 0 Å². The second kappa shape index (κ2) is 7.38. The van der Waals surface area contributed by atoms with Gasteiger partial charge in [0.2, 0.25) is 5.91 Å². The summed E-state index contributed by atoms with van der Waals surface area (Å²) >= 11 is 7.31. The molecule has 0 aromatic carbocycles. The van der Waals surface area contributed by atoms with E-state index in [-0.39, 0.29) is 18.9 Å². The lowest BCUT2D eigenvalue weighted by Gasteiger charge is -2.11. The van der Waals surface area contributed by atoms with Gasteiger partial charge in [-0.3, -0.25) is 19.7 Å². The Bertz CT molecular complexity index is 1210. The number of carbonyl (C=O) groups excluding carboxylic acids is 1. The van der Waals surface area contributed by atoms with Gasteiger partial charge < -0.3 is 0 Å². The molecule has 7 nitrogen and oxygen atoms in total. The second-order valence-electron chi connectivity index (χ2n) is 7.20. The normalized spacial score (nSPS) is 14.5. The van der Waals surface area contributed by atoms with Gasteiger partial charge in [-0.05, 0) is 32.8 Å². The maximum atomic E-state index is 13.1. The van der Waals surface area contributed by atoms with Crippen LogP contribution in [0.5, 0.6) is 0 Å². The second-order valence-corrected chi connectivity index (χ2v) is 8.82. The number of aromatic nitrogens is 4. The van der Waals surface area contributed by atoms with Crippen molar-refractivity contribution in [1.29, 1.82) is 0 Å². The highest BCUT2D eigenvalue weighted by atomic mass is 35.5. The van der Waals surface area contributed by atoms with E-state index in [0.29, 0.717) is 21.7 Å². The quantitative estimate of drug-likeness (QED) is 0.625. The van der Waals surface area contributed by atoms with E-state index in [2.05, 4.69) is 15.5 Å². The third-order valence-corrected chi connectivity index (χ3v) is 6.12. The number of hydrogen-bond acceptors (Lipinski definition) is 5. The van der Waals surface area contributed by atoms with Gasteiger partial charge in [-0.1, -0.05) is 11.6 Å². The Morgan fingerprint density at radius 3 is 2.70 bits per heavy atom. The van der Waals surface area contributed by atoms with Crippen molar-refractivity contribution in [2.24, 2.45) is 0 Å². The molecule has 4 rings (SSSR count). The number of hydrogen-bond donors (Lipinski definition) is 1. The lowest BCUT2D eigenvalue weighted by molar-refractivity contribution is -0.141. The SMILES string of the molecule is Cc1cc2c(=O)n(NC(=O)CCn3nc(C(F)(F)F)c(Cl)c3C3CC3)c(C)nc2s1. The van der Waals surface area contributed by atoms with Crippen LogP contribution in [0, 0.1) is 13.8 Å². The van der Waals surface area contributed by atoms with Crippen LogP contribution in [0.4, 0.5) is 13.2 Å². The molecule has 1 saturated carbocycles. The standard InChI is InChI=1S/C18H17ClF3N5O2S/c1-8-7-11-16(30-8)23-9(2)27(17(11)29)24-12(28)5-6-26-14(10-3-4-10)13(19)15(25-26)18(20,21)22/h7,10H,3-6H2,1-2H3,(H,24,28). The van der Waals surface area contributed by atoms with Gasteiger partial charge in [0.15, 0.2) is 5.69 Å². The summed E-state index contributed by atoms with van der Waals surface area (Å²) in [6.07, 6.45) is -3.38. The van der Waals surface area contributed by atoms with Crippen LogP contribution in [-0.4, -0.2) is 25.3 Å². The summed E-state index contributed by atoms with van der Waals surface area (Å²) in [6.45, 7) is 3.35. The van der Waals surface area contributed by atoms with Gasteiger partial charge in [-0.15, -0.1) is 11.3 Å². The van der Waals surface area contributed by atoms with Gasteiger partial charge in [-0.25, -0.2) is 9.66 Å². The molecule has 160 valence electrons. The van der Waals surface area contributed by atoms with Crippen LogP contribution in [0.25, 0.3) is 10.2 Å². The van der Waals surface area contributed by atoms with E-state index in [9.17, 15) is 22.8 Å². The van der Waals surface area contributed by atoms with E-state index in [1.54, 1.807) is 13.0 Å². The van der Waals surface area contributed by atoms with Gasteiger partial charge in [0.1, 0.15) is 10.7 Å². The molecule has 1 amide bonds. The lowest BCUT2D eigenvalue weighted by atomic mass is 10.2. The number of halogens is 4. The highest BCUT2D eigenvalue weighted by Gasteiger charge is 2.42. The molecule has 3 aromatic heterocycles. The summed E-state index contributed by atoms with van der Waals surface area (Å²) in [5.74, 6) is -0.319. The number of thiophene rings is 1. The van der Waals surface area contributed by atoms with Crippen LogP contribution < -0.4 is 11.0 Å². The van der Waals surface area contributed by atoms with Crippen LogP contribution in [0.1, 0.15) is 47.3 Å². The summed E-state index contributed by atoms with van der Waals surface area (Å²) in [5.41, 5.74) is 1.24. The maximum absolute atomic E-state index is 13.1. The fourth-order valence-electron chi connectivity index (χ4n) is 3.27. The van der Waals surface area contributed by atoms with Crippen molar-refractivity contribution >= 4 is 39.1 Å². The fourth-order valence-corrected chi connectivity index (χ4v) is 4.59. The number of carbonyl (C=O) groups is 1. The third-order valence-electron chi connectivity index (χ3n) is 4.81. The fraction of sp³-hybridized carbons (Fsp3) is 0.444. The van der Waals surface area contributed by atoms with E-state index in [4.69, 9.17) is 11.6 Å². The summed E-state index contributed by atoms with van der Waals surface area (Å²) in [5, 5.41) is 3.59. The Morgan fingerprint density at radius 1 is 1.37 bits per heavy atom. The molecular weight excluding hydrogens is 443 g/mol. The molecule has 30 heavy (non-hydrogen) atoms. The molecule has 1 aliphatic rings. The van der Waals surface area contributed by atoms with Crippen molar-refractivity contribution < 1.29 is 18.0 Å². The lowest BCUT2D eigenvalue weighted by Crippen LogP contribution is -2.35. The van der Waals surface area contributed by atoms with Crippen LogP contribution in [-0.2, 0) is 17.5 Å². The van der Waals surface area contributed by atoms with Crippen molar-refractivity contribution in [2.45, 2.75) is 51.7 Å². The summed E-state index contributed by atoms with van der Waals surface area (Å²) in [6, 6.07) is 1.70. The summed E-state index contributed by atoms with van der Waals surface area (Å²) in [7, 11) is 0. The van der Waals surface area contributed by atoms with Crippen molar-refractivity contribution in [3.63, 3.8) is 0 Å². The Morgan fingerprint density at radius 2 is 2.07 bits per heavy atom. The first-order chi connectivity index (χ1) is 14.1. The Labute approximate surface area is 177 Å². The molecule has 0 saturated heterocycles. The first-order valence-corrected chi connectivity index (χ1v) is 10.4. The smallest absolute Gasteiger partial charge is 0.273 e. The van der Waals surface area contributed by atoms with Gasteiger partial charge in [-0.2, -0.15) is 18.3 Å². The molecule has 0 bridgehead atoms. The molecule has 0 atom stereocenters. The maximum Gasteiger partial charge on any atom is 0.436 e. The van der Waals surface area contributed by atoms with Gasteiger partial charge >= 0.3 is 6.18 Å². The Hall–Kier alpha value is -2.40. The number of alkyl halides is 3. The molecule has 0 spiro atoms. The molecule has 3 heterocycles. The number of fused-ring (bicyclic) bond motifs is 1. The topological polar surface area (TPSA) is 81.8 Å². The molecular formula is C18H17ClF3N5O2S. The molecule has 0 aliphatic heterocycles. The average Bonchev–Trinajstić information content (AvgIpc) is 3.32. The van der Waals surface area contributed by atoms with E-state index < -0.39 is 28.4 Å². The van der Waals surface area contributed by atoms with Gasteiger partial charge in [0.05, 0.1) is 22.6 Å². The highest BCUT2D eigenvalue weighted by molar-refractivity contribution is 7.18. The molecule has 0 radical (unpaired) electrons. The highest BCUT2D eigenvalue weighted by Crippen LogP contribution is 2.46. The summed E-state index contributed by atoms with van der Waals surface area (Å²) in [4.78, 5) is 30.9. The molecule has 0 unspecified atom stereocenters. The van der Waals surface area contributed by atoms with Crippen molar-refractivity contribution in [1.82, 2.24) is 19.4 Å². The van der Waals surface area contributed by atoms with E-state index in [1.165, 1.54) is 11.3 Å².